The van der Waals surface area contributed by atoms with Crippen LogP contribution in [0.15, 0.2) is 71.6 Å². The van der Waals surface area contributed by atoms with Crippen molar-refractivity contribution in [1.82, 2.24) is 0 Å². The van der Waals surface area contributed by atoms with Crippen LogP contribution in [0.25, 0.3) is 0 Å². The third-order valence-electron chi connectivity index (χ3n) is 7.35. The predicted octanol–water partition coefficient (Wildman–Crippen LogP) is 8.24. The summed E-state index contributed by atoms with van der Waals surface area (Å²) in [5.41, 5.74) is 3.59. The van der Waals surface area contributed by atoms with E-state index < -0.39 is 0 Å². The minimum Gasteiger partial charge on any atom is -0.462 e. The fourth-order valence-electron chi connectivity index (χ4n) is 5.51. The summed E-state index contributed by atoms with van der Waals surface area (Å²) in [6.45, 7) is 2.44. The topological polar surface area (TPSA) is 81.5 Å². The number of unbranched alkanes of at least 4 members (excludes halogenated alkanes) is 1. The van der Waals surface area contributed by atoms with Crippen molar-refractivity contribution >= 4 is 52.3 Å². The molecule has 5 unspecified atom stereocenters. The largest absolute Gasteiger partial charge is 0.462 e. The lowest BCUT2D eigenvalue weighted by Crippen LogP contribution is -2.31. The number of carbonyl (C=O) groups is 1. The van der Waals surface area contributed by atoms with Gasteiger partial charge in [-0.05, 0) is 66.3 Å². The molecule has 1 heterocycles. The molecular formula is C29H28Cl2N2O4S. The number of nitrogens with zero attached hydrogens (tertiary/aromatic N) is 1. The molecule has 1 aliphatic heterocycles. The summed E-state index contributed by atoms with van der Waals surface area (Å²) in [6, 6.07) is 20.2. The van der Waals surface area contributed by atoms with Crippen LogP contribution in [0.5, 0.6) is 0 Å². The number of halogens is 2. The van der Waals surface area contributed by atoms with Crippen LogP contribution in [-0.4, -0.2) is 28.1 Å². The average Bonchev–Trinajstić information content (AvgIpc) is 3.24. The Morgan fingerprint density at radius 1 is 1.16 bits per heavy atom. The molecule has 0 aromatic heterocycles. The van der Waals surface area contributed by atoms with Gasteiger partial charge in [0.2, 0.25) is 0 Å². The van der Waals surface area contributed by atoms with E-state index in [4.69, 9.17) is 27.9 Å². The van der Waals surface area contributed by atoms with Gasteiger partial charge < -0.3 is 10.1 Å². The summed E-state index contributed by atoms with van der Waals surface area (Å²) in [4.78, 5) is 24.7. The summed E-state index contributed by atoms with van der Waals surface area (Å²) in [6.07, 6.45) is 2.52. The van der Waals surface area contributed by atoms with Crippen molar-refractivity contribution in [3.05, 3.63) is 98.6 Å². The molecule has 9 heteroatoms. The van der Waals surface area contributed by atoms with Crippen molar-refractivity contribution in [2.45, 2.75) is 53.7 Å². The van der Waals surface area contributed by atoms with E-state index in [0.717, 1.165) is 36.1 Å². The van der Waals surface area contributed by atoms with Crippen molar-refractivity contribution in [2.24, 2.45) is 5.92 Å². The van der Waals surface area contributed by atoms with E-state index in [9.17, 15) is 14.9 Å². The number of anilines is 1. The first kappa shape index (κ1) is 26.9. The van der Waals surface area contributed by atoms with Crippen molar-refractivity contribution in [1.29, 1.82) is 0 Å². The zero-order chi connectivity index (χ0) is 26.8. The summed E-state index contributed by atoms with van der Waals surface area (Å²) in [5.74, 6) is -0.289. The molecule has 0 saturated heterocycles. The van der Waals surface area contributed by atoms with Gasteiger partial charge >= 0.3 is 5.97 Å². The van der Waals surface area contributed by atoms with Crippen LogP contribution in [0.4, 0.5) is 11.4 Å². The maximum atomic E-state index is 12.7. The fourth-order valence-corrected chi connectivity index (χ4v) is 7.58. The first-order chi connectivity index (χ1) is 18.4. The lowest BCUT2D eigenvalue weighted by Gasteiger charge is -2.38. The summed E-state index contributed by atoms with van der Waals surface area (Å²) in [5, 5.41) is 15.6. The Morgan fingerprint density at radius 3 is 2.66 bits per heavy atom. The molecule has 0 radical (unpaired) electrons. The highest BCUT2D eigenvalue weighted by molar-refractivity contribution is 8.00. The third kappa shape index (κ3) is 5.37. The molecular weight excluding hydrogens is 543 g/mol. The summed E-state index contributed by atoms with van der Waals surface area (Å²) in [7, 11) is 0. The van der Waals surface area contributed by atoms with Crippen LogP contribution in [0, 0.1) is 16.0 Å². The Morgan fingerprint density at radius 2 is 1.92 bits per heavy atom. The quantitative estimate of drug-likeness (QED) is 0.0964. The molecule has 1 aliphatic carbocycles. The van der Waals surface area contributed by atoms with Gasteiger partial charge in [-0.15, -0.1) is 23.4 Å². The number of fused-ring (bicyclic) bond motifs is 3. The monoisotopic (exact) mass is 570 g/mol. The lowest BCUT2D eigenvalue weighted by atomic mass is 9.77. The molecule has 3 aromatic rings. The van der Waals surface area contributed by atoms with Gasteiger partial charge in [0.15, 0.2) is 0 Å². The molecule has 2 aliphatic rings. The second-order valence-corrected chi connectivity index (χ2v) is 11.9. The van der Waals surface area contributed by atoms with Crippen molar-refractivity contribution in [3.63, 3.8) is 0 Å². The number of alkyl halides is 1. The molecule has 5 rings (SSSR count). The second kappa shape index (κ2) is 11.6. The third-order valence-corrected chi connectivity index (χ3v) is 9.71. The van der Waals surface area contributed by atoms with Gasteiger partial charge in [-0.2, -0.15) is 0 Å². The average molecular weight is 572 g/mol. The number of carbonyl (C=O) groups excluding carboxylic acids is 1. The second-order valence-electron chi connectivity index (χ2n) is 9.72. The molecule has 1 fully saturated rings. The molecule has 6 nitrogen and oxygen atoms in total. The van der Waals surface area contributed by atoms with Gasteiger partial charge in [0.1, 0.15) is 0 Å². The van der Waals surface area contributed by atoms with Gasteiger partial charge in [0, 0.05) is 27.9 Å². The number of nitro groups is 1. The Bertz CT molecular complexity index is 1340. The number of nitrogens with one attached hydrogen (secondary N) is 1. The molecule has 0 amide bonds. The highest BCUT2D eigenvalue weighted by atomic mass is 35.5. The standard InChI is InChI=1S/C29H28Cl2N2O4S/c1-2-3-14-37-29(34)18-10-13-22-20(15-18)26-21(28(32-22)17-8-11-19(30)12-9-17)16-25(27(26)31)38-24-7-5-4-6-23(24)33(35)36/h4-13,15,21,25-28,32H,2-3,14,16H2,1H3. The van der Waals surface area contributed by atoms with Crippen LogP contribution in [0.3, 0.4) is 0 Å². The number of esters is 1. The molecule has 0 bridgehead atoms. The number of thioether (sulfide) groups is 1. The lowest BCUT2D eigenvalue weighted by molar-refractivity contribution is -0.387. The van der Waals surface area contributed by atoms with Crippen LogP contribution >= 0.6 is 35.0 Å². The highest BCUT2D eigenvalue weighted by Gasteiger charge is 2.50. The number of hydrogen-bond donors (Lipinski definition) is 1. The molecule has 38 heavy (non-hydrogen) atoms. The Balaban J connectivity index is 1.50. The SMILES string of the molecule is CCCCOC(=O)c1ccc2c(c1)C1C(Cl)C(Sc3ccccc3[N+](=O)[O-])CC1C(c1ccc(Cl)cc1)N2. The van der Waals surface area contributed by atoms with Crippen molar-refractivity contribution in [2.75, 3.05) is 11.9 Å². The highest BCUT2D eigenvalue weighted by Crippen LogP contribution is 2.58. The van der Waals surface area contributed by atoms with Gasteiger partial charge in [-0.1, -0.05) is 49.2 Å². The van der Waals surface area contributed by atoms with E-state index in [1.807, 2.05) is 42.5 Å². The Labute approximate surface area is 236 Å². The molecule has 0 spiro atoms. The van der Waals surface area contributed by atoms with E-state index in [1.165, 1.54) is 17.8 Å². The first-order valence-electron chi connectivity index (χ1n) is 12.7. The van der Waals surface area contributed by atoms with E-state index in [1.54, 1.807) is 18.2 Å². The van der Waals surface area contributed by atoms with Gasteiger partial charge in [-0.25, -0.2) is 4.79 Å². The maximum absolute atomic E-state index is 12.7. The summed E-state index contributed by atoms with van der Waals surface area (Å²) < 4.78 is 5.46. The number of para-hydroxylation sites is 1. The maximum Gasteiger partial charge on any atom is 0.338 e. The molecule has 198 valence electrons. The van der Waals surface area contributed by atoms with Crippen LogP contribution in [0.1, 0.15) is 59.6 Å². The Kier molecular flexibility index (Phi) is 8.17. The normalized spacial score (nSPS) is 23.7. The van der Waals surface area contributed by atoms with E-state index in [-0.39, 0.29) is 45.1 Å². The number of ether oxygens (including phenoxy) is 1. The first-order valence-corrected chi connectivity index (χ1v) is 14.4. The van der Waals surface area contributed by atoms with E-state index in [0.29, 0.717) is 22.1 Å². The van der Waals surface area contributed by atoms with Crippen LogP contribution in [0.2, 0.25) is 5.02 Å². The zero-order valence-corrected chi connectivity index (χ0v) is 23.1. The number of rotatable bonds is 8. The predicted molar refractivity (Wildman–Crippen MR) is 153 cm³/mol. The minimum atomic E-state index is -0.350. The smallest absolute Gasteiger partial charge is 0.338 e. The molecule has 5 atom stereocenters. The minimum absolute atomic E-state index is 0.0234. The van der Waals surface area contributed by atoms with Crippen molar-refractivity contribution < 1.29 is 14.5 Å². The van der Waals surface area contributed by atoms with Gasteiger partial charge in [0.05, 0.1) is 33.4 Å². The number of nitro benzene ring substituents is 1. The number of hydrogen-bond acceptors (Lipinski definition) is 6. The van der Waals surface area contributed by atoms with E-state index >= 15 is 0 Å². The Hall–Kier alpha value is -2.74. The van der Waals surface area contributed by atoms with Gasteiger partial charge in [0.25, 0.3) is 5.69 Å². The zero-order valence-electron chi connectivity index (χ0n) is 20.8. The van der Waals surface area contributed by atoms with Crippen LogP contribution in [-0.2, 0) is 4.74 Å². The van der Waals surface area contributed by atoms with E-state index in [2.05, 4.69) is 12.2 Å². The van der Waals surface area contributed by atoms with Crippen molar-refractivity contribution in [3.8, 4) is 0 Å². The molecule has 1 saturated carbocycles. The van der Waals surface area contributed by atoms with Crippen LogP contribution < -0.4 is 5.32 Å². The molecule has 3 aromatic carbocycles. The van der Waals surface area contributed by atoms with Gasteiger partial charge in [-0.3, -0.25) is 10.1 Å². The molecule has 1 N–H and O–H groups in total. The summed E-state index contributed by atoms with van der Waals surface area (Å²) >= 11 is 14.9. The fraction of sp³-hybridized carbons (Fsp3) is 0.345. The number of benzene rings is 3.